The Bertz CT molecular complexity index is 1950. The summed E-state index contributed by atoms with van der Waals surface area (Å²) in [4.78, 5) is 52.4. The molecule has 5 aromatic carbocycles. The highest BCUT2D eigenvalue weighted by molar-refractivity contribution is 6.34. The molecular weight excluding hydrogens is 585 g/mol. The van der Waals surface area contributed by atoms with E-state index < -0.39 is 36.0 Å². The molecule has 0 spiro atoms. The first-order valence-corrected chi connectivity index (χ1v) is 14.5. The van der Waals surface area contributed by atoms with E-state index in [1.54, 1.807) is 24.3 Å². The van der Waals surface area contributed by atoms with Crippen LogP contribution in [0.2, 0.25) is 0 Å². The van der Waals surface area contributed by atoms with Crippen molar-refractivity contribution in [3.63, 3.8) is 0 Å². The van der Waals surface area contributed by atoms with E-state index in [-0.39, 0.29) is 27.7 Å². The van der Waals surface area contributed by atoms with Gasteiger partial charge in [0.2, 0.25) is 0 Å². The Kier molecular flexibility index (Phi) is 8.03. The number of ketones is 1. The molecule has 2 amide bonds. The summed E-state index contributed by atoms with van der Waals surface area (Å²) < 4.78 is 24.2. The second-order valence-electron chi connectivity index (χ2n) is 11.3. The molecule has 0 N–H and O–H groups in total. The average Bonchev–Trinajstić information content (AvgIpc) is 3.33. The van der Waals surface area contributed by atoms with Crippen LogP contribution in [0.15, 0.2) is 121 Å². The maximum Gasteiger partial charge on any atom is 0.338 e. The van der Waals surface area contributed by atoms with Crippen LogP contribution < -0.4 is 9.64 Å². The van der Waals surface area contributed by atoms with Gasteiger partial charge in [0.1, 0.15) is 17.3 Å². The Morgan fingerprint density at radius 3 is 1.89 bits per heavy atom. The molecule has 46 heavy (non-hydrogen) atoms. The Balaban J connectivity index is 1.11. The number of anilines is 1. The monoisotopic (exact) mass is 613 g/mol. The van der Waals surface area contributed by atoms with E-state index in [4.69, 9.17) is 9.47 Å². The number of imide groups is 1. The number of halogens is 1. The number of hydrogen-bond donors (Lipinski definition) is 0. The number of rotatable bonds is 9. The maximum absolute atomic E-state index is 13.3. The van der Waals surface area contributed by atoms with Crippen molar-refractivity contribution >= 4 is 29.3 Å². The Hall–Kier alpha value is -5.89. The van der Waals surface area contributed by atoms with Gasteiger partial charge in [-0.2, -0.15) is 0 Å². The summed E-state index contributed by atoms with van der Waals surface area (Å²) in [7, 11) is 0. The number of carbonyl (C=O) groups excluding carboxylic acids is 4. The zero-order valence-corrected chi connectivity index (χ0v) is 25.0. The van der Waals surface area contributed by atoms with Crippen molar-refractivity contribution in [1.82, 2.24) is 0 Å². The lowest BCUT2D eigenvalue weighted by molar-refractivity contribution is 0.0474. The molecule has 0 unspecified atom stereocenters. The van der Waals surface area contributed by atoms with Crippen LogP contribution in [0.1, 0.15) is 66.4 Å². The normalized spacial score (nSPS) is 12.5. The van der Waals surface area contributed by atoms with E-state index in [1.165, 1.54) is 35.9 Å². The quantitative estimate of drug-likeness (QED) is 0.0958. The van der Waals surface area contributed by atoms with E-state index in [9.17, 15) is 23.6 Å². The van der Waals surface area contributed by atoms with Crippen molar-refractivity contribution in [3.8, 4) is 11.5 Å². The predicted octanol–water partition coefficient (Wildman–Crippen LogP) is 7.78. The minimum atomic E-state index is -0.838. The van der Waals surface area contributed by atoms with Crippen molar-refractivity contribution < 1.29 is 33.0 Å². The zero-order chi connectivity index (χ0) is 32.4. The predicted molar refractivity (Wildman–Crippen MR) is 170 cm³/mol. The number of fused-ring (bicyclic) bond motifs is 1. The average molecular weight is 614 g/mol. The summed E-state index contributed by atoms with van der Waals surface area (Å²) in [6, 6.07) is 33.6. The molecule has 8 heteroatoms. The molecule has 0 aromatic heterocycles. The Labute approximate surface area is 264 Å². The van der Waals surface area contributed by atoms with Gasteiger partial charge in [-0.15, -0.1) is 0 Å². The second-order valence-corrected chi connectivity index (χ2v) is 11.3. The minimum absolute atomic E-state index is 0.00979. The molecule has 0 bridgehead atoms. The van der Waals surface area contributed by atoms with Gasteiger partial charge in [0.25, 0.3) is 11.8 Å². The van der Waals surface area contributed by atoms with E-state index in [0.29, 0.717) is 17.2 Å². The van der Waals surface area contributed by atoms with Crippen molar-refractivity contribution in [2.45, 2.75) is 19.3 Å². The fourth-order valence-corrected chi connectivity index (χ4v) is 5.30. The van der Waals surface area contributed by atoms with Crippen molar-refractivity contribution in [3.05, 3.63) is 161 Å². The highest BCUT2D eigenvalue weighted by Crippen LogP contribution is 2.34. The molecule has 0 fully saturated rings. The van der Waals surface area contributed by atoms with Gasteiger partial charge in [-0.1, -0.05) is 56.3 Å². The minimum Gasteiger partial charge on any atom is -0.457 e. The Morgan fingerprint density at radius 1 is 0.674 bits per heavy atom. The van der Waals surface area contributed by atoms with Crippen molar-refractivity contribution in [1.29, 1.82) is 0 Å². The topological polar surface area (TPSA) is 90.0 Å². The van der Waals surface area contributed by atoms with Crippen molar-refractivity contribution in [2.24, 2.45) is 0 Å². The van der Waals surface area contributed by atoms with Crippen LogP contribution in [0.5, 0.6) is 11.5 Å². The maximum atomic E-state index is 13.3. The summed E-state index contributed by atoms with van der Waals surface area (Å²) in [6.45, 7) is 3.77. The molecule has 0 atom stereocenters. The van der Waals surface area contributed by atoms with E-state index in [0.717, 1.165) is 22.6 Å². The van der Waals surface area contributed by atoms with Crippen LogP contribution in [-0.4, -0.2) is 30.2 Å². The van der Waals surface area contributed by atoms with Gasteiger partial charge in [-0.25, -0.2) is 14.1 Å². The number of hydrogen-bond acceptors (Lipinski definition) is 6. The van der Waals surface area contributed by atoms with Crippen LogP contribution in [-0.2, 0) is 10.2 Å². The smallest absolute Gasteiger partial charge is 0.338 e. The van der Waals surface area contributed by atoms with Crippen LogP contribution in [0.4, 0.5) is 10.1 Å². The number of esters is 1. The van der Waals surface area contributed by atoms with Gasteiger partial charge in [0, 0.05) is 11.0 Å². The molecule has 5 aromatic rings. The number of Topliss-reactive ketones (excluding diaryl/α,β-unsaturated/α-hetero) is 1. The molecule has 0 saturated heterocycles. The lowest BCUT2D eigenvalue weighted by Gasteiger charge is -2.26. The van der Waals surface area contributed by atoms with Gasteiger partial charge in [-0.3, -0.25) is 14.4 Å². The molecule has 6 rings (SSSR count). The van der Waals surface area contributed by atoms with Gasteiger partial charge in [-0.05, 0) is 90.0 Å². The van der Waals surface area contributed by atoms with E-state index in [2.05, 4.69) is 26.0 Å². The SMILES string of the molecule is CC(C)(c1ccccc1)c1ccc(Oc2ccc(N3C(=O)c4ccc(C(=O)OCC(=O)c5ccc(F)cc5)cc4C3=O)cc2)cc1. The molecule has 0 saturated carbocycles. The molecule has 7 nitrogen and oxygen atoms in total. The molecule has 0 aliphatic carbocycles. The van der Waals surface area contributed by atoms with Crippen LogP contribution in [0.3, 0.4) is 0 Å². The lowest BCUT2D eigenvalue weighted by Crippen LogP contribution is -2.29. The van der Waals surface area contributed by atoms with E-state index in [1.807, 2.05) is 42.5 Å². The number of amides is 2. The van der Waals surface area contributed by atoms with Crippen LogP contribution in [0, 0.1) is 5.82 Å². The first-order chi connectivity index (χ1) is 22.1. The first kappa shape index (κ1) is 30.1. The third kappa shape index (κ3) is 5.93. The summed E-state index contributed by atoms with van der Waals surface area (Å²) in [6.07, 6.45) is 0. The fourth-order valence-electron chi connectivity index (χ4n) is 5.30. The summed E-state index contributed by atoms with van der Waals surface area (Å²) in [5.74, 6) is -1.80. The standard InChI is InChI=1S/C38H28FNO6/c1-38(2,26-6-4-3-5-7-26)27-11-17-30(18-12-27)46-31-19-15-29(16-20-31)40-35(42)32-21-10-25(22-33(32)36(40)43)37(44)45-23-34(41)24-8-13-28(39)14-9-24/h3-22H,23H2,1-2H3. The molecule has 1 aliphatic rings. The molecule has 228 valence electrons. The highest BCUT2D eigenvalue weighted by atomic mass is 19.1. The highest BCUT2D eigenvalue weighted by Gasteiger charge is 2.37. The summed E-state index contributed by atoms with van der Waals surface area (Å²) in [5.41, 5.74) is 2.89. The number of nitrogens with zero attached hydrogens (tertiary/aromatic N) is 1. The third-order valence-electron chi connectivity index (χ3n) is 8.02. The Morgan fingerprint density at radius 2 is 1.24 bits per heavy atom. The number of carbonyl (C=O) groups is 4. The zero-order valence-electron chi connectivity index (χ0n) is 25.0. The second kappa shape index (κ2) is 12.2. The molecule has 1 heterocycles. The fraction of sp³-hybridized carbons (Fsp3) is 0.105. The largest absolute Gasteiger partial charge is 0.457 e. The van der Waals surface area contributed by atoms with E-state index >= 15 is 0 Å². The third-order valence-corrected chi connectivity index (χ3v) is 8.02. The lowest BCUT2D eigenvalue weighted by atomic mass is 9.78. The number of ether oxygens (including phenoxy) is 2. The van der Waals surface area contributed by atoms with Crippen molar-refractivity contribution in [2.75, 3.05) is 11.5 Å². The van der Waals surface area contributed by atoms with Gasteiger partial charge >= 0.3 is 5.97 Å². The molecule has 0 radical (unpaired) electrons. The number of benzene rings is 5. The van der Waals surface area contributed by atoms with Crippen LogP contribution in [0.25, 0.3) is 0 Å². The first-order valence-electron chi connectivity index (χ1n) is 14.5. The van der Waals surface area contributed by atoms with Gasteiger partial charge in [0.15, 0.2) is 12.4 Å². The summed E-state index contributed by atoms with van der Waals surface area (Å²) >= 11 is 0. The van der Waals surface area contributed by atoms with Crippen LogP contribution >= 0.6 is 0 Å². The molecular formula is C38H28FNO6. The van der Waals surface area contributed by atoms with Gasteiger partial charge < -0.3 is 9.47 Å². The summed E-state index contributed by atoms with van der Waals surface area (Å²) in [5, 5.41) is 0. The van der Waals surface area contributed by atoms with Gasteiger partial charge in [0.05, 0.1) is 22.4 Å². The molecule has 1 aliphatic heterocycles.